The third kappa shape index (κ3) is 1.94. The molecule has 1 aromatic carbocycles. The standard InChI is InChI=1S/C19H27N/c1-12-4-2-3-5-17(12)18(11-20)19-15-7-13-6-14(9-15)10-16(19)8-13/h2-5,13-16,18-19H,6-11,20H2,1H3. The molecule has 4 bridgehead atoms. The maximum Gasteiger partial charge on any atom is -0.000263 e. The molecule has 0 aromatic heterocycles. The van der Waals surface area contributed by atoms with E-state index in [0.717, 1.165) is 36.1 Å². The fraction of sp³-hybridized carbons (Fsp3) is 0.684. The molecule has 1 heteroatoms. The van der Waals surface area contributed by atoms with Gasteiger partial charge in [0, 0.05) is 0 Å². The first-order valence-electron chi connectivity index (χ1n) is 8.52. The number of nitrogens with two attached hydrogens (primary N) is 1. The van der Waals surface area contributed by atoms with Crippen molar-refractivity contribution in [2.45, 2.75) is 44.9 Å². The van der Waals surface area contributed by atoms with Gasteiger partial charge in [-0.3, -0.25) is 0 Å². The summed E-state index contributed by atoms with van der Waals surface area (Å²) in [7, 11) is 0. The quantitative estimate of drug-likeness (QED) is 0.878. The van der Waals surface area contributed by atoms with Gasteiger partial charge in [-0.15, -0.1) is 0 Å². The van der Waals surface area contributed by atoms with Gasteiger partial charge in [-0.1, -0.05) is 24.3 Å². The normalized spacial score (nSPS) is 40.0. The summed E-state index contributed by atoms with van der Waals surface area (Å²) in [5.41, 5.74) is 9.23. The minimum atomic E-state index is 0.603. The fourth-order valence-corrected chi connectivity index (χ4v) is 6.12. The van der Waals surface area contributed by atoms with Crippen molar-refractivity contribution in [2.75, 3.05) is 6.54 Å². The van der Waals surface area contributed by atoms with Crippen LogP contribution in [0.3, 0.4) is 0 Å². The molecule has 0 aliphatic heterocycles. The van der Waals surface area contributed by atoms with Crippen LogP contribution in [0.2, 0.25) is 0 Å². The van der Waals surface area contributed by atoms with E-state index in [9.17, 15) is 0 Å². The van der Waals surface area contributed by atoms with Gasteiger partial charge in [0.15, 0.2) is 0 Å². The molecule has 4 saturated carbocycles. The van der Waals surface area contributed by atoms with Crippen molar-refractivity contribution in [3.63, 3.8) is 0 Å². The Hall–Kier alpha value is -0.820. The summed E-state index contributed by atoms with van der Waals surface area (Å²) in [5.74, 6) is 5.53. The molecule has 4 aliphatic carbocycles. The maximum absolute atomic E-state index is 6.25. The lowest BCUT2D eigenvalue weighted by molar-refractivity contribution is -0.0468. The molecule has 1 unspecified atom stereocenters. The van der Waals surface area contributed by atoms with Crippen LogP contribution in [0.15, 0.2) is 24.3 Å². The predicted molar refractivity (Wildman–Crippen MR) is 83.5 cm³/mol. The van der Waals surface area contributed by atoms with E-state index in [1.807, 2.05) is 0 Å². The Labute approximate surface area is 122 Å². The monoisotopic (exact) mass is 269 g/mol. The summed E-state index contributed by atoms with van der Waals surface area (Å²) in [6.07, 6.45) is 7.54. The molecule has 0 saturated heterocycles. The van der Waals surface area contributed by atoms with Crippen LogP contribution in [0.1, 0.15) is 49.1 Å². The van der Waals surface area contributed by atoms with Crippen molar-refractivity contribution in [3.05, 3.63) is 35.4 Å². The minimum absolute atomic E-state index is 0.603. The van der Waals surface area contributed by atoms with Crippen molar-refractivity contribution in [2.24, 2.45) is 35.3 Å². The number of rotatable bonds is 3. The molecule has 0 spiro atoms. The van der Waals surface area contributed by atoms with E-state index >= 15 is 0 Å². The highest BCUT2D eigenvalue weighted by Gasteiger charge is 2.50. The molecule has 1 aromatic rings. The summed E-state index contributed by atoms with van der Waals surface area (Å²) < 4.78 is 0. The number of benzene rings is 1. The largest absolute Gasteiger partial charge is 0.330 e. The van der Waals surface area contributed by atoms with Gasteiger partial charge >= 0.3 is 0 Å². The van der Waals surface area contributed by atoms with Gasteiger partial charge in [0.05, 0.1) is 0 Å². The van der Waals surface area contributed by atoms with Crippen molar-refractivity contribution in [3.8, 4) is 0 Å². The highest BCUT2D eigenvalue weighted by atomic mass is 14.6. The minimum Gasteiger partial charge on any atom is -0.330 e. The summed E-state index contributed by atoms with van der Waals surface area (Å²) >= 11 is 0. The topological polar surface area (TPSA) is 26.0 Å². The van der Waals surface area contributed by atoms with Gasteiger partial charge in [-0.2, -0.15) is 0 Å². The third-order valence-electron chi connectivity index (χ3n) is 6.61. The zero-order valence-corrected chi connectivity index (χ0v) is 12.6. The van der Waals surface area contributed by atoms with E-state index in [-0.39, 0.29) is 0 Å². The second-order valence-electron chi connectivity index (χ2n) is 7.71. The first kappa shape index (κ1) is 12.9. The van der Waals surface area contributed by atoms with E-state index in [2.05, 4.69) is 31.2 Å². The predicted octanol–water partition coefficient (Wildman–Crippen LogP) is 4.11. The van der Waals surface area contributed by atoms with Crippen LogP contribution >= 0.6 is 0 Å². The molecule has 2 N–H and O–H groups in total. The molecule has 0 radical (unpaired) electrons. The van der Waals surface area contributed by atoms with E-state index < -0.39 is 0 Å². The molecule has 108 valence electrons. The van der Waals surface area contributed by atoms with E-state index in [1.54, 1.807) is 0 Å². The van der Waals surface area contributed by atoms with Crippen LogP contribution in [-0.2, 0) is 0 Å². The molecule has 0 amide bonds. The fourth-order valence-electron chi connectivity index (χ4n) is 6.12. The van der Waals surface area contributed by atoms with Crippen molar-refractivity contribution >= 4 is 0 Å². The van der Waals surface area contributed by atoms with Crippen LogP contribution in [0.25, 0.3) is 0 Å². The van der Waals surface area contributed by atoms with E-state index in [4.69, 9.17) is 5.73 Å². The SMILES string of the molecule is Cc1ccccc1C(CN)C1C2CC3CC(C2)CC1C3. The molecule has 4 fully saturated rings. The third-order valence-corrected chi connectivity index (χ3v) is 6.61. The van der Waals surface area contributed by atoms with Gasteiger partial charge < -0.3 is 5.73 Å². The smallest absolute Gasteiger partial charge is 0.000263 e. The average Bonchev–Trinajstić information content (AvgIpc) is 2.43. The second kappa shape index (κ2) is 4.87. The molecule has 20 heavy (non-hydrogen) atoms. The molecule has 1 nitrogen and oxygen atoms in total. The summed E-state index contributed by atoms with van der Waals surface area (Å²) in [4.78, 5) is 0. The zero-order chi connectivity index (χ0) is 13.7. The van der Waals surface area contributed by atoms with Crippen molar-refractivity contribution in [1.82, 2.24) is 0 Å². The molecular weight excluding hydrogens is 242 g/mol. The average molecular weight is 269 g/mol. The Bertz CT molecular complexity index is 464. The Morgan fingerprint density at radius 1 is 1.00 bits per heavy atom. The first-order valence-corrected chi connectivity index (χ1v) is 8.52. The lowest BCUT2D eigenvalue weighted by Gasteiger charge is -2.56. The van der Waals surface area contributed by atoms with Crippen molar-refractivity contribution < 1.29 is 0 Å². The highest BCUT2D eigenvalue weighted by molar-refractivity contribution is 5.31. The number of aryl methyl sites for hydroxylation is 1. The molecule has 4 aliphatic rings. The number of hydrogen-bond donors (Lipinski definition) is 1. The highest BCUT2D eigenvalue weighted by Crippen LogP contribution is 2.59. The van der Waals surface area contributed by atoms with Crippen LogP contribution in [0.5, 0.6) is 0 Å². The van der Waals surface area contributed by atoms with Crippen LogP contribution in [0.4, 0.5) is 0 Å². The van der Waals surface area contributed by atoms with Crippen molar-refractivity contribution in [1.29, 1.82) is 0 Å². The second-order valence-corrected chi connectivity index (χ2v) is 7.71. The Kier molecular flexibility index (Phi) is 3.14. The van der Waals surface area contributed by atoms with Gasteiger partial charge in [0.2, 0.25) is 0 Å². The summed E-state index contributed by atoms with van der Waals surface area (Å²) in [6, 6.07) is 8.94. The Morgan fingerprint density at radius 3 is 2.15 bits per heavy atom. The van der Waals surface area contributed by atoms with Crippen LogP contribution in [-0.4, -0.2) is 6.54 Å². The van der Waals surface area contributed by atoms with Crippen LogP contribution in [0, 0.1) is 36.5 Å². The lowest BCUT2D eigenvalue weighted by Crippen LogP contribution is -2.48. The van der Waals surface area contributed by atoms with E-state index in [0.29, 0.717) is 5.92 Å². The summed E-state index contributed by atoms with van der Waals surface area (Å²) in [5, 5.41) is 0. The van der Waals surface area contributed by atoms with Gasteiger partial charge in [-0.05, 0) is 92.2 Å². The maximum atomic E-state index is 6.25. The molecule has 1 atom stereocenters. The Morgan fingerprint density at radius 2 is 1.60 bits per heavy atom. The number of hydrogen-bond acceptors (Lipinski definition) is 1. The van der Waals surface area contributed by atoms with E-state index in [1.165, 1.54) is 43.2 Å². The lowest BCUT2D eigenvalue weighted by atomic mass is 9.49. The Balaban J connectivity index is 1.67. The molecule has 5 rings (SSSR count). The zero-order valence-electron chi connectivity index (χ0n) is 12.6. The first-order chi connectivity index (χ1) is 9.76. The van der Waals surface area contributed by atoms with Gasteiger partial charge in [0.1, 0.15) is 0 Å². The molecule has 0 heterocycles. The summed E-state index contributed by atoms with van der Waals surface area (Å²) in [6.45, 7) is 3.09. The van der Waals surface area contributed by atoms with Crippen LogP contribution < -0.4 is 5.73 Å². The van der Waals surface area contributed by atoms with Gasteiger partial charge in [-0.25, -0.2) is 0 Å². The van der Waals surface area contributed by atoms with Gasteiger partial charge in [0.25, 0.3) is 0 Å². The molecular formula is C19H27N.